The van der Waals surface area contributed by atoms with Crippen LogP contribution in [0.5, 0.6) is 0 Å². The van der Waals surface area contributed by atoms with E-state index in [0.29, 0.717) is 6.29 Å². The van der Waals surface area contributed by atoms with Crippen LogP contribution >= 0.6 is 0 Å². The Morgan fingerprint density at radius 3 is 2.60 bits per heavy atom. The lowest BCUT2D eigenvalue weighted by Crippen LogP contribution is -2.22. The smallest absolute Gasteiger partial charge is 0.153 e. The molecule has 5 heteroatoms. The fourth-order valence-corrected chi connectivity index (χ4v) is 1.16. The van der Waals surface area contributed by atoms with Crippen molar-refractivity contribution in [2.45, 2.75) is 12.2 Å². The van der Waals surface area contributed by atoms with Crippen LogP contribution in [0, 0.1) is 5.82 Å². The molecule has 1 rings (SSSR count). The van der Waals surface area contributed by atoms with Crippen LogP contribution in [0.4, 0.5) is 4.39 Å². The third-order valence-corrected chi connectivity index (χ3v) is 2.04. The summed E-state index contributed by atoms with van der Waals surface area (Å²) in [7, 11) is 0. The summed E-state index contributed by atoms with van der Waals surface area (Å²) in [4.78, 5) is 10.4. The first-order valence-electron chi connectivity index (χ1n) is 4.31. The highest BCUT2D eigenvalue weighted by Crippen LogP contribution is 2.19. The van der Waals surface area contributed by atoms with E-state index in [4.69, 9.17) is 10.2 Å². The third-order valence-electron chi connectivity index (χ3n) is 2.04. The number of aliphatic hydroxyl groups excluding tert-OH is 3. The van der Waals surface area contributed by atoms with Crippen molar-refractivity contribution in [1.82, 2.24) is 0 Å². The van der Waals surface area contributed by atoms with Gasteiger partial charge in [0, 0.05) is 0 Å². The zero-order chi connectivity index (χ0) is 11.4. The first-order valence-corrected chi connectivity index (χ1v) is 4.31. The van der Waals surface area contributed by atoms with Crippen molar-refractivity contribution in [3.63, 3.8) is 0 Å². The van der Waals surface area contributed by atoms with E-state index >= 15 is 0 Å². The summed E-state index contributed by atoms with van der Waals surface area (Å²) in [6.07, 6.45) is -2.37. The van der Waals surface area contributed by atoms with Gasteiger partial charge in [0.25, 0.3) is 0 Å². The highest BCUT2D eigenvalue weighted by molar-refractivity contribution is 5.75. The van der Waals surface area contributed by atoms with Gasteiger partial charge >= 0.3 is 0 Å². The van der Waals surface area contributed by atoms with Gasteiger partial charge in [0.1, 0.15) is 18.0 Å². The van der Waals surface area contributed by atoms with E-state index in [1.54, 1.807) is 0 Å². The first kappa shape index (κ1) is 11.8. The van der Waals surface area contributed by atoms with Crippen LogP contribution in [0.3, 0.4) is 0 Å². The molecule has 2 unspecified atom stereocenters. The second-order valence-electron chi connectivity index (χ2n) is 3.09. The Kier molecular flexibility index (Phi) is 3.90. The SMILES string of the molecule is O=Cc1cc(C(O)C(O)CO)ccc1F. The zero-order valence-electron chi connectivity index (χ0n) is 7.80. The quantitative estimate of drug-likeness (QED) is 0.618. The van der Waals surface area contributed by atoms with Gasteiger partial charge in [-0.05, 0) is 17.7 Å². The molecule has 0 aromatic heterocycles. The van der Waals surface area contributed by atoms with Gasteiger partial charge in [-0.25, -0.2) is 4.39 Å². The Labute approximate surface area is 85.6 Å². The number of aldehydes is 1. The fraction of sp³-hybridized carbons (Fsp3) is 0.300. The van der Waals surface area contributed by atoms with Crippen LogP contribution in [0.25, 0.3) is 0 Å². The van der Waals surface area contributed by atoms with E-state index in [1.165, 1.54) is 6.07 Å². The summed E-state index contributed by atoms with van der Waals surface area (Å²) in [5.74, 6) is -0.695. The maximum Gasteiger partial charge on any atom is 0.153 e. The maximum absolute atomic E-state index is 12.9. The molecule has 3 N–H and O–H groups in total. The molecular weight excluding hydrogens is 203 g/mol. The molecule has 1 aromatic carbocycles. The van der Waals surface area contributed by atoms with Crippen LogP contribution in [-0.2, 0) is 0 Å². The molecule has 0 aliphatic rings. The van der Waals surface area contributed by atoms with Gasteiger partial charge in [-0.1, -0.05) is 6.07 Å². The van der Waals surface area contributed by atoms with E-state index in [0.717, 1.165) is 12.1 Å². The molecule has 0 aliphatic heterocycles. The molecule has 0 spiro atoms. The number of carbonyl (C=O) groups is 1. The van der Waals surface area contributed by atoms with Crippen LogP contribution in [-0.4, -0.2) is 34.3 Å². The van der Waals surface area contributed by atoms with Gasteiger partial charge in [0.15, 0.2) is 6.29 Å². The number of hydrogen-bond donors (Lipinski definition) is 3. The average molecular weight is 214 g/mol. The predicted octanol–water partition coefficient (Wildman–Crippen LogP) is 0.0248. The molecule has 0 radical (unpaired) electrons. The molecule has 0 saturated carbocycles. The van der Waals surface area contributed by atoms with Crippen molar-refractivity contribution < 1.29 is 24.5 Å². The molecular formula is C10H11FO4. The van der Waals surface area contributed by atoms with Crippen LogP contribution in [0.1, 0.15) is 22.0 Å². The number of carbonyl (C=O) groups excluding carboxylic acids is 1. The zero-order valence-corrected chi connectivity index (χ0v) is 7.80. The molecule has 82 valence electrons. The van der Waals surface area contributed by atoms with Crippen LogP contribution in [0.2, 0.25) is 0 Å². The second kappa shape index (κ2) is 4.97. The first-order chi connectivity index (χ1) is 7.10. The lowest BCUT2D eigenvalue weighted by atomic mass is 10.0. The normalized spacial score (nSPS) is 14.7. The monoisotopic (exact) mass is 214 g/mol. The third kappa shape index (κ3) is 2.59. The molecule has 0 aliphatic carbocycles. The van der Waals surface area contributed by atoms with Crippen molar-refractivity contribution in [2.24, 2.45) is 0 Å². The summed E-state index contributed by atoms with van der Waals surface area (Å²) in [6, 6.07) is 3.39. The van der Waals surface area contributed by atoms with Gasteiger partial charge in [0.2, 0.25) is 0 Å². The minimum absolute atomic E-state index is 0.181. The Bertz CT molecular complexity index is 353. The van der Waals surface area contributed by atoms with Gasteiger partial charge in [-0.15, -0.1) is 0 Å². The van der Waals surface area contributed by atoms with Gasteiger partial charge in [-0.3, -0.25) is 4.79 Å². The Morgan fingerprint density at radius 2 is 2.07 bits per heavy atom. The van der Waals surface area contributed by atoms with Crippen LogP contribution < -0.4 is 0 Å². The average Bonchev–Trinajstić information content (AvgIpc) is 2.27. The number of rotatable bonds is 4. The minimum Gasteiger partial charge on any atom is -0.394 e. The number of hydrogen-bond acceptors (Lipinski definition) is 4. The molecule has 15 heavy (non-hydrogen) atoms. The van der Waals surface area contributed by atoms with Gasteiger partial charge < -0.3 is 15.3 Å². The van der Waals surface area contributed by atoms with Crippen molar-refractivity contribution in [3.05, 3.63) is 35.1 Å². The van der Waals surface area contributed by atoms with E-state index in [9.17, 15) is 14.3 Å². The number of aliphatic hydroxyl groups is 3. The molecule has 0 bridgehead atoms. The highest BCUT2D eigenvalue weighted by Gasteiger charge is 2.18. The Balaban J connectivity index is 3.00. The topological polar surface area (TPSA) is 77.8 Å². The van der Waals surface area contributed by atoms with Crippen molar-refractivity contribution in [3.8, 4) is 0 Å². The molecule has 2 atom stereocenters. The van der Waals surface area contributed by atoms with Crippen molar-refractivity contribution >= 4 is 6.29 Å². The predicted molar refractivity (Wildman–Crippen MR) is 49.8 cm³/mol. The maximum atomic E-state index is 12.9. The largest absolute Gasteiger partial charge is 0.394 e. The second-order valence-corrected chi connectivity index (χ2v) is 3.09. The van der Waals surface area contributed by atoms with Gasteiger partial charge in [0.05, 0.1) is 12.2 Å². The van der Waals surface area contributed by atoms with Gasteiger partial charge in [-0.2, -0.15) is 0 Å². The fourth-order valence-electron chi connectivity index (χ4n) is 1.16. The molecule has 4 nitrogen and oxygen atoms in total. The molecule has 0 heterocycles. The molecule has 1 aromatic rings. The minimum atomic E-state index is -1.35. The van der Waals surface area contributed by atoms with E-state index in [2.05, 4.69) is 0 Å². The lowest BCUT2D eigenvalue weighted by molar-refractivity contribution is -0.0153. The summed E-state index contributed by atoms with van der Waals surface area (Å²) in [5.41, 5.74) is -0.0169. The lowest BCUT2D eigenvalue weighted by Gasteiger charge is -2.16. The van der Waals surface area contributed by atoms with Crippen molar-refractivity contribution in [2.75, 3.05) is 6.61 Å². The molecule has 0 fully saturated rings. The van der Waals surface area contributed by atoms with Crippen LogP contribution in [0.15, 0.2) is 18.2 Å². The molecule has 0 saturated heterocycles. The summed E-state index contributed by atoms with van der Waals surface area (Å²) in [5, 5.41) is 27.2. The standard InChI is InChI=1S/C10H11FO4/c11-8-2-1-6(3-7(8)4-12)10(15)9(14)5-13/h1-4,9-10,13-15H,5H2. The van der Waals surface area contributed by atoms with Crippen molar-refractivity contribution in [1.29, 1.82) is 0 Å². The highest BCUT2D eigenvalue weighted by atomic mass is 19.1. The summed E-state index contributed by atoms with van der Waals surface area (Å²) >= 11 is 0. The molecule has 0 amide bonds. The van der Waals surface area contributed by atoms with E-state index < -0.39 is 24.6 Å². The summed E-state index contributed by atoms with van der Waals surface area (Å²) in [6.45, 7) is -0.616. The Hall–Kier alpha value is -1.30. The Morgan fingerprint density at radius 1 is 1.40 bits per heavy atom. The summed E-state index contributed by atoms with van der Waals surface area (Å²) < 4.78 is 12.9. The number of benzene rings is 1. The number of halogens is 1. The van der Waals surface area contributed by atoms with E-state index in [-0.39, 0.29) is 11.1 Å². The van der Waals surface area contributed by atoms with E-state index in [1.807, 2.05) is 0 Å².